The Hall–Kier alpha value is -2.73. The van der Waals surface area contributed by atoms with Gasteiger partial charge in [-0.05, 0) is 48.8 Å². The molecule has 0 spiro atoms. The second kappa shape index (κ2) is 11.5. The van der Waals surface area contributed by atoms with Gasteiger partial charge in [-0.25, -0.2) is 4.39 Å². The molecule has 0 aliphatic carbocycles. The van der Waals surface area contributed by atoms with Crippen LogP contribution in [0.15, 0.2) is 54.6 Å². The minimum Gasteiger partial charge on any atom is -0.352 e. The first-order chi connectivity index (χ1) is 14.4. The largest absolute Gasteiger partial charge is 0.352 e. The van der Waals surface area contributed by atoms with Crippen molar-refractivity contribution in [1.29, 1.82) is 0 Å². The van der Waals surface area contributed by atoms with Crippen molar-refractivity contribution in [3.63, 3.8) is 0 Å². The molecule has 162 valence electrons. The summed E-state index contributed by atoms with van der Waals surface area (Å²) >= 11 is 0. The van der Waals surface area contributed by atoms with Crippen molar-refractivity contribution >= 4 is 11.8 Å². The van der Waals surface area contributed by atoms with Crippen LogP contribution in [0.3, 0.4) is 0 Å². The van der Waals surface area contributed by atoms with Gasteiger partial charge in [0.2, 0.25) is 5.91 Å². The van der Waals surface area contributed by atoms with E-state index in [-0.39, 0.29) is 17.9 Å². The van der Waals surface area contributed by atoms with E-state index < -0.39 is 17.8 Å². The Labute approximate surface area is 178 Å². The van der Waals surface area contributed by atoms with E-state index in [2.05, 4.69) is 41.5 Å². The van der Waals surface area contributed by atoms with Gasteiger partial charge in [0.15, 0.2) is 0 Å². The zero-order chi connectivity index (χ0) is 22.1. The van der Waals surface area contributed by atoms with Crippen molar-refractivity contribution in [3.8, 4) is 0 Å². The second-order valence-corrected chi connectivity index (χ2v) is 7.59. The summed E-state index contributed by atoms with van der Waals surface area (Å²) in [5.74, 6) is -1.13. The van der Waals surface area contributed by atoms with Crippen molar-refractivity contribution in [2.24, 2.45) is 5.92 Å². The minimum absolute atomic E-state index is 0.0470. The van der Waals surface area contributed by atoms with Crippen molar-refractivity contribution in [3.05, 3.63) is 71.5 Å². The van der Waals surface area contributed by atoms with E-state index in [1.165, 1.54) is 24.3 Å². The van der Waals surface area contributed by atoms with E-state index in [9.17, 15) is 14.0 Å². The molecule has 2 aromatic rings. The Kier molecular flexibility index (Phi) is 8.99. The molecule has 0 aliphatic rings. The molecular formula is C24H32FN3O2. The van der Waals surface area contributed by atoms with Gasteiger partial charge in [0, 0.05) is 12.1 Å². The quantitative estimate of drug-likeness (QED) is 0.623. The molecule has 0 bridgehead atoms. The Morgan fingerprint density at radius 2 is 1.57 bits per heavy atom. The smallest absolute Gasteiger partial charge is 0.251 e. The first-order valence-electron chi connectivity index (χ1n) is 10.5. The highest BCUT2D eigenvalue weighted by molar-refractivity contribution is 5.97. The van der Waals surface area contributed by atoms with Crippen LogP contribution in [0, 0.1) is 11.7 Å². The summed E-state index contributed by atoms with van der Waals surface area (Å²) in [5.41, 5.74) is 1.46. The third kappa shape index (κ3) is 6.39. The van der Waals surface area contributed by atoms with Gasteiger partial charge >= 0.3 is 0 Å². The number of nitrogens with one attached hydrogen (secondary N) is 2. The summed E-state index contributed by atoms with van der Waals surface area (Å²) in [4.78, 5) is 27.7. The van der Waals surface area contributed by atoms with E-state index in [4.69, 9.17) is 0 Å². The number of rotatable bonds is 10. The molecule has 0 radical (unpaired) electrons. The molecule has 0 fully saturated rings. The first-order valence-corrected chi connectivity index (χ1v) is 10.5. The third-order valence-electron chi connectivity index (χ3n) is 5.25. The standard InChI is InChI=1S/C24H32FN3O2/c1-5-28(6-2)21(18-10-8-7-9-11-18)16-26-24(30)22(17(3)4)27-23(29)19-12-14-20(25)15-13-19/h7-15,17,21-22H,5-6,16H2,1-4H3,(H,26,30)(H,27,29)/t21-,22-/m0/s1. The number of hydrogen-bond acceptors (Lipinski definition) is 3. The summed E-state index contributed by atoms with van der Waals surface area (Å²) in [7, 11) is 0. The summed E-state index contributed by atoms with van der Waals surface area (Å²) in [5, 5.41) is 5.81. The molecule has 0 aliphatic heterocycles. The van der Waals surface area contributed by atoms with Gasteiger partial charge in [0.25, 0.3) is 5.91 Å². The summed E-state index contributed by atoms with van der Waals surface area (Å²) < 4.78 is 13.1. The minimum atomic E-state index is -0.685. The van der Waals surface area contributed by atoms with Gasteiger partial charge in [-0.1, -0.05) is 58.0 Å². The lowest BCUT2D eigenvalue weighted by Crippen LogP contribution is -2.51. The van der Waals surface area contributed by atoms with Crippen molar-refractivity contribution in [2.75, 3.05) is 19.6 Å². The maximum Gasteiger partial charge on any atom is 0.251 e. The number of likely N-dealkylation sites (N-methyl/N-ethyl adjacent to an activating group) is 1. The van der Waals surface area contributed by atoms with Gasteiger partial charge in [-0.3, -0.25) is 14.5 Å². The molecule has 30 heavy (non-hydrogen) atoms. The molecular weight excluding hydrogens is 381 g/mol. The molecule has 0 aromatic heterocycles. The number of carbonyl (C=O) groups excluding carboxylic acids is 2. The topological polar surface area (TPSA) is 61.4 Å². The normalized spacial score (nSPS) is 13.2. The first kappa shape index (κ1) is 23.5. The number of carbonyl (C=O) groups is 2. The third-order valence-corrected chi connectivity index (χ3v) is 5.25. The average Bonchev–Trinajstić information content (AvgIpc) is 2.75. The van der Waals surface area contributed by atoms with Crippen LogP contribution in [-0.2, 0) is 4.79 Å². The highest BCUT2D eigenvalue weighted by Crippen LogP contribution is 2.19. The predicted molar refractivity (Wildman–Crippen MR) is 118 cm³/mol. The number of hydrogen-bond donors (Lipinski definition) is 2. The SMILES string of the molecule is CCN(CC)[C@@H](CNC(=O)[C@@H](NC(=O)c1ccc(F)cc1)C(C)C)c1ccccc1. The number of nitrogens with zero attached hydrogens (tertiary/aromatic N) is 1. The number of benzene rings is 2. The van der Waals surface area contributed by atoms with E-state index in [0.717, 1.165) is 18.7 Å². The number of amides is 2. The van der Waals surface area contributed by atoms with Crippen LogP contribution < -0.4 is 10.6 Å². The van der Waals surface area contributed by atoms with E-state index in [1.54, 1.807) is 0 Å². The van der Waals surface area contributed by atoms with Gasteiger partial charge in [-0.15, -0.1) is 0 Å². The van der Waals surface area contributed by atoms with E-state index in [1.807, 2.05) is 32.0 Å². The number of halogens is 1. The predicted octanol–water partition coefficient (Wildman–Crippen LogP) is 3.78. The molecule has 5 nitrogen and oxygen atoms in total. The molecule has 2 rings (SSSR count). The second-order valence-electron chi connectivity index (χ2n) is 7.59. The fourth-order valence-electron chi connectivity index (χ4n) is 3.47. The molecule has 2 N–H and O–H groups in total. The molecule has 2 amide bonds. The van der Waals surface area contributed by atoms with Crippen LogP contribution in [0.2, 0.25) is 0 Å². The molecule has 0 heterocycles. The lowest BCUT2D eigenvalue weighted by molar-refractivity contribution is -0.124. The van der Waals surface area contributed by atoms with Crippen LogP contribution in [-0.4, -0.2) is 42.4 Å². The summed E-state index contributed by atoms with van der Waals surface area (Å²) in [6.45, 7) is 10.1. The fraction of sp³-hybridized carbons (Fsp3) is 0.417. The highest BCUT2D eigenvalue weighted by Gasteiger charge is 2.26. The fourth-order valence-corrected chi connectivity index (χ4v) is 3.47. The van der Waals surface area contributed by atoms with Gasteiger partial charge < -0.3 is 10.6 Å². The van der Waals surface area contributed by atoms with E-state index in [0.29, 0.717) is 12.1 Å². The molecule has 0 unspecified atom stereocenters. The molecule has 2 aromatic carbocycles. The maximum absolute atomic E-state index is 13.1. The van der Waals surface area contributed by atoms with Gasteiger partial charge in [0.1, 0.15) is 11.9 Å². The Morgan fingerprint density at radius 1 is 0.967 bits per heavy atom. The lowest BCUT2D eigenvalue weighted by atomic mass is 10.0. The molecule has 0 saturated carbocycles. The zero-order valence-electron chi connectivity index (χ0n) is 18.2. The van der Waals surface area contributed by atoms with Crippen LogP contribution in [0.5, 0.6) is 0 Å². The highest BCUT2D eigenvalue weighted by atomic mass is 19.1. The molecule has 6 heteroatoms. The van der Waals surface area contributed by atoms with Gasteiger partial charge in [0.05, 0.1) is 6.04 Å². The van der Waals surface area contributed by atoms with Crippen LogP contribution in [0.25, 0.3) is 0 Å². The van der Waals surface area contributed by atoms with Crippen LogP contribution >= 0.6 is 0 Å². The summed E-state index contributed by atoms with van der Waals surface area (Å²) in [6, 6.07) is 14.7. The Morgan fingerprint density at radius 3 is 2.10 bits per heavy atom. The summed E-state index contributed by atoms with van der Waals surface area (Å²) in [6.07, 6.45) is 0. The van der Waals surface area contributed by atoms with Crippen LogP contribution in [0.1, 0.15) is 49.7 Å². The zero-order valence-corrected chi connectivity index (χ0v) is 18.2. The van der Waals surface area contributed by atoms with Crippen molar-refractivity contribution in [2.45, 2.75) is 39.8 Å². The average molecular weight is 414 g/mol. The van der Waals surface area contributed by atoms with Crippen molar-refractivity contribution in [1.82, 2.24) is 15.5 Å². The van der Waals surface area contributed by atoms with Crippen LogP contribution in [0.4, 0.5) is 4.39 Å². The molecule has 2 atom stereocenters. The Bertz CT molecular complexity index is 805. The lowest BCUT2D eigenvalue weighted by Gasteiger charge is -2.31. The monoisotopic (exact) mass is 413 g/mol. The van der Waals surface area contributed by atoms with Crippen molar-refractivity contribution < 1.29 is 14.0 Å². The molecule has 0 saturated heterocycles. The maximum atomic E-state index is 13.1. The Balaban J connectivity index is 2.09. The van der Waals surface area contributed by atoms with Gasteiger partial charge in [-0.2, -0.15) is 0 Å². The van der Waals surface area contributed by atoms with E-state index >= 15 is 0 Å².